The van der Waals surface area contributed by atoms with Gasteiger partial charge in [0.15, 0.2) is 0 Å². The minimum absolute atomic E-state index is 0.175. The molecule has 0 spiro atoms. The van der Waals surface area contributed by atoms with Gasteiger partial charge in [0, 0.05) is 16.3 Å². The molecule has 0 heterocycles. The molecule has 0 radical (unpaired) electrons. The number of rotatable bonds is 3. The van der Waals surface area contributed by atoms with Gasteiger partial charge in [0.05, 0.1) is 0 Å². The highest BCUT2D eigenvalue weighted by Gasteiger charge is 2.40. The summed E-state index contributed by atoms with van der Waals surface area (Å²) < 4.78 is 16.1. The molecule has 1 aliphatic carbocycles. The fourth-order valence-corrected chi connectivity index (χ4v) is 11.6. The lowest BCUT2D eigenvalue weighted by Crippen LogP contribution is -2.25. The smallest absolute Gasteiger partial charge is 0.147 e. The lowest BCUT2D eigenvalue weighted by molar-refractivity contribution is 0.577. The normalized spacial score (nSPS) is 15.3. The Morgan fingerprint density at radius 3 is 1.23 bits per heavy atom. The zero-order valence-electron chi connectivity index (χ0n) is 21.7. The van der Waals surface area contributed by atoms with E-state index in [-0.39, 0.29) is 5.66 Å². The first-order chi connectivity index (χ1) is 19.2. The van der Waals surface area contributed by atoms with Crippen LogP contribution in [0.2, 0.25) is 0 Å². The highest BCUT2D eigenvalue weighted by molar-refractivity contribution is 7.80. The van der Waals surface area contributed by atoms with Crippen LogP contribution in [0.1, 0.15) is 25.7 Å². The first-order valence-electron chi connectivity index (χ1n) is 14.2. The monoisotopic (exact) mass is 518 g/mol. The van der Waals surface area contributed by atoms with Crippen molar-refractivity contribution in [3.63, 3.8) is 0 Å². The van der Waals surface area contributed by atoms with Crippen molar-refractivity contribution < 1.29 is 4.57 Å². The van der Waals surface area contributed by atoms with Crippen molar-refractivity contribution in [3.8, 4) is 0 Å². The van der Waals surface area contributed by atoms with Gasteiger partial charge >= 0.3 is 0 Å². The molecule has 186 valence electrons. The zero-order chi connectivity index (χ0) is 25.7. The van der Waals surface area contributed by atoms with Crippen molar-refractivity contribution in [2.75, 3.05) is 0 Å². The van der Waals surface area contributed by atoms with Crippen LogP contribution < -0.4 is 10.6 Å². The Balaban J connectivity index is 1.43. The van der Waals surface area contributed by atoms with Gasteiger partial charge in [0.2, 0.25) is 0 Å². The summed E-state index contributed by atoms with van der Waals surface area (Å²) in [6.45, 7) is 0. The van der Waals surface area contributed by atoms with Crippen LogP contribution in [0.5, 0.6) is 0 Å². The van der Waals surface area contributed by atoms with Crippen LogP contribution in [-0.2, 0) is 4.57 Å². The van der Waals surface area contributed by atoms with Crippen molar-refractivity contribution in [2.45, 2.75) is 31.3 Å². The molecule has 1 saturated carbocycles. The van der Waals surface area contributed by atoms with Crippen LogP contribution in [0, 0.1) is 0 Å². The molecule has 2 heteroatoms. The second-order valence-electron chi connectivity index (χ2n) is 11.5. The van der Waals surface area contributed by atoms with Crippen molar-refractivity contribution >= 4 is 82.4 Å². The molecule has 8 aromatic rings. The molecule has 9 rings (SSSR count). The van der Waals surface area contributed by atoms with E-state index in [1.165, 1.54) is 53.9 Å². The van der Waals surface area contributed by atoms with Gasteiger partial charge in [0.1, 0.15) is 7.14 Å². The van der Waals surface area contributed by atoms with Gasteiger partial charge in [-0.05, 0) is 89.6 Å². The average Bonchev–Trinajstić information content (AvgIpc) is 3.54. The van der Waals surface area contributed by atoms with Crippen LogP contribution in [0.4, 0.5) is 0 Å². The Morgan fingerprint density at radius 1 is 0.436 bits per heavy atom. The average molecular weight is 519 g/mol. The predicted molar refractivity (Wildman–Crippen MR) is 169 cm³/mol. The molecular weight excluding hydrogens is 491 g/mol. The maximum Gasteiger partial charge on any atom is 0.147 e. The molecule has 0 amide bonds. The van der Waals surface area contributed by atoms with Gasteiger partial charge in [-0.15, -0.1) is 0 Å². The molecule has 8 aromatic carbocycles. The Kier molecular flexibility index (Phi) is 4.39. The van der Waals surface area contributed by atoms with Gasteiger partial charge in [-0.1, -0.05) is 110 Å². The molecule has 39 heavy (non-hydrogen) atoms. The summed E-state index contributed by atoms with van der Waals surface area (Å²) in [4.78, 5) is 0. The second-order valence-corrected chi connectivity index (χ2v) is 14.5. The molecule has 0 atom stereocenters. The van der Waals surface area contributed by atoms with Gasteiger partial charge in [-0.25, -0.2) is 0 Å². The SMILES string of the molecule is O=P(c1ccc2ccc3cccc4ccc1c2c34)(c1ccc2ccc3cccc4ccc1c2c34)C1CCCC1. The van der Waals surface area contributed by atoms with Gasteiger partial charge in [-0.2, -0.15) is 0 Å². The summed E-state index contributed by atoms with van der Waals surface area (Å²) in [6.07, 6.45) is 4.38. The van der Waals surface area contributed by atoms with E-state index in [1.807, 2.05) is 0 Å². The van der Waals surface area contributed by atoms with E-state index in [0.717, 1.165) is 47.1 Å². The quantitative estimate of drug-likeness (QED) is 0.168. The maximum absolute atomic E-state index is 16.1. The van der Waals surface area contributed by atoms with Crippen molar-refractivity contribution in [3.05, 3.63) is 109 Å². The molecule has 0 N–H and O–H groups in total. The van der Waals surface area contributed by atoms with Gasteiger partial charge in [0.25, 0.3) is 0 Å². The third-order valence-corrected chi connectivity index (χ3v) is 13.3. The third-order valence-electron chi connectivity index (χ3n) is 9.57. The predicted octanol–water partition coefficient (Wildman–Crippen LogP) is 9.74. The fraction of sp³-hybridized carbons (Fsp3) is 0.135. The van der Waals surface area contributed by atoms with E-state index < -0.39 is 7.14 Å². The second kappa shape index (κ2) is 7.81. The number of benzene rings is 8. The minimum Gasteiger partial charge on any atom is -0.313 e. The summed E-state index contributed by atoms with van der Waals surface area (Å²) in [7, 11) is -2.99. The van der Waals surface area contributed by atoms with E-state index in [9.17, 15) is 0 Å². The lowest BCUT2D eigenvalue weighted by atomic mass is 9.94. The topological polar surface area (TPSA) is 17.1 Å². The Morgan fingerprint density at radius 2 is 0.795 bits per heavy atom. The first-order valence-corrected chi connectivity index (χ1v) is 15.9. The van der Waals surface area contributed by atoms with Crippen LogP contribution in [0.25, 0.3) is 64.6 Å². The lowest BCUT2D eigenvalue weighted by Gasteiger charge is -2.29. The highest BCUT2D eigenvalue weighted by Crippen LogP contribution is 2.57. The summed E-state index contributed by atoms with van der Waals surface area (Å²) in [5, 5.41) is 17.0. The molecule has 1 nitrogen and oxygen atoms in total. The number of hydrogen-bond acceptors (Lipinski definition) is 1. The van der Waals surface area contributed by atoms with E-state index in [1.54, 1.807) is 0 Å². The Bertz CT molecular complexity index is 2090. The van der Waals surface area contributed by atoms with Crippen LogP contribution in [0.3, 0.4) is 0 Å². The minimum atomic E-state index is -2.99. The molecule has 0 saturated heterocycles. The zero-order valence-corrected chi connectivity index (χ0v) is 22.5. The van der Waals surface area contributed by atoms with Crippen LogP contribution in [-0.4, -0.2) is 5.66 Å². The Labute approximate surface area is 227 Å². The largest absolute Gasteiger partial charge is 0.313 e. The summed E-state index contributed by atoms with van der Waals surface area (Å²) in [6, 6.07) is 39.8. The van der Waals surface area contributed by atoms with E-state index in [2.05, 4.69) is 109 Å². The third kappa shape index (κ3) is 2.84. The molecule has 0 unspecified atom stereocenters. The number of hydrogen-bond donors (Lipinski definition) is 0. The van der Waals surface area contributed by atoms with Crippen LogP contribution in [0.15, 0.2) is 109 Å². The molecule has 1 fully saturated rings. The van der Waals surface area contributed by atoms with E-state index in [0.29, 0.717) is 0 Å². The molecule has 1 aliphatic rings. The van der Waals surface area contributed by atoms with Gasteiger partial charge < -0.3 is 4.57 Å². The van der Waals surface area contributed by atoms with Crippen molar-refractivity contribution in [1.82, 2.24) is 0 Å². The highest BCUT2D eigenvalue weighted by atomic mass is 31.2. The first kappa shape index (κ1) is 21.9. The van der Waals surface area contributed by atoms with Crippen molar-refractivity contribution in [1.29, 1.82) is 0 Å². The van der Waals surface area contributed by atoms with Gasteiger partial charge in [-0.3, -0.25) is 0 Å². The molecule has 0 aliphatic heterocycles. The summed E-state index contributed by atoms with van der Waals surface area (Å²) in [5.41, 5.74) is 0.175. The van der Waals surface area contributed by atoms with E-state index >= 15 is 4.57 Å². The van der Waals surface area contributed by atoms with E-state index in [4.69, 9.17) is 0 Å². The molecular formula is C37H27OP. The molecule has 0 aromatic heterocycles. The van der Waals surface area contributed by atoms with Crippen LogP contribution >= 0.6 is 7.14 Å². The summed E-state index contributed by atoms with van der Waals surface area (Å²) in [5.74, 6) is 0. The maximum atomic E-state index is 16.1. The summed E-state index contributed by atoms with van der Waals surface area (Å²) >= 11 is 0. The fourth-order valence-electron chi connectivity index (χ4n) is 7.81. The standard InChI is InChI=1S/C37H27OP/c38-39(29-9-1-2-10-29,32-21-17-27-13-11-23-5-3-7-25-15-19-30(32)36(27)34(23)25)33-22-18-28-14-12-24-6-4-8-26-16-20-31(33)37(28)35(24)26/h3-8,11-22,29H,1-2,9-10H2. The Hall–Kier alpha value is -3.93. The molecule has 0 bridgehead atoms. The van der Waals surface area contributed by atoms with Crippen molar-refractivity contribution in [2.24, 2.45) is 0 Å².